The molecule has 0 unspecified atom stereocenters. The smallest absolute Gasteiger partial charge is 0.221 e. The SMILES string of the molecule is C.C[N+](C)(CF)C1CC1.[CH3-]. The number of quaternary nitrogens is 1. The van der Waals surface area contributed by atoms with E-state index < -0.39 is 0 Å². The Morgan fingerprint density at radius 3 is 1.90 bits per heavy atom. The third-order valence-electron chi connectivity index (χ3n) is 1.84. The third kappa shape index (κ3) is 2.65. The van der Waals surface area contributed by atoms with E-state index in [4.69, 9.17) is 0 Å². The van der Waals surface area contributed by atoms with Crippen LogP contribution in [0.5, 0.6) is 0 Å². The van der Waals surface area contributed by atoms with Gasteiger partial charge in [-0.3, -0.25) is 4.48 Å². The molecule has 1 rings (SSSR count). The molecule has 64 valence electrons. The van der Waals surface area contributed by atoms with Gasteiger partial charge < -0.3 is 7.43 Å². The molecule has 0 amide bonds. The van der Waals surface area contributed by atoms with Crippen LogP contribution in [0.25, 0.3) is 0 Å². The Kier molecular flexibility index (Phi) is 4.92. The maximum absolute atomic E-state index is 12.0. The largest absolute Gasteiger partial charge is 0.358 e. The first kappa shape index (κ1) is 12.6. The second-order valence-corrected chi connectivity index (χ2v) is 3.13. The second kappa shape index (κ2) is 3.91. The Morgan fingerprint density at radius 2 is 1.80 bits per heavy atom. The molecule has 1 saturated carbocycles. The van der Waals surface area contributed by atoms with E-state index in [-0.39, 0.29) is 21.7 Å². The zero-order valence-electron chi connectivity index (χ0n) is 6.52. The molecule has 0 bridgehead atoms. The van der Waals surface area contributed by atoms with Crippen molar-refractivity contribution in [1.82, 2.24) is 0 Å². The highest BCUT2D eigenvalue weighted by molar-refractivity contribution is 4.72. The maximum atomic E-state index is 12.0. The van der Waals surface area contributed by atoms with Crippen LogP contribution in [0.3, 0.4) is 0 Å². The Labute approximate surface area is 64.4 Å². The van der Waals surface area contributed by atoms with Gasteiger partial charge in [-0.1, -0.05) is 7.43 Å². The Balaban J connectivity index is 0. The van der Waals surface area contributed by atoms with Gasteiger partial charge in [0.15, 0.2) is 0 Å². The molecule has 2 heteroatoms. The summed E-state index contributed by atoms with van der Waals surface area (Å²) in [5.74, 6) is 0. The summed E-state index contributed by atoms with van der Waals surface area (Å²) in [5, 5.41) is 0. The Bertz CT molecular complexity index is 87.3. The van der Waals surface area contributed by atoms with E-state index in [0.717, 1.165) is 0 Å². The molecule has 0 N–H and O–H groups in total. The number of nitrogens with zero attached hydrogens (tertiary/aromatic N) is 1. The van der Waals surface area contributed by atoms with Crippen molar-refractivity contribution in [1.29, 1.82) is 0 Å². The maximum Gasteiger partial charge on any atom is 0.221 e. The summed E-state index contributed by atoms with van der Waals surface area (Å²) in [6.45, 7) is -0.218. The van der Waals surface area contributed by atoms with Gasteiger partial charge in [0.25, 0.3) is 0 Å². The summed E-state index contributed by atoms with van der Waals surface area (Å²) in [7, 11) is 3.88. The summed E-state index contributed by atoms with van der Waals surface area (Å²) in [6.07, 6.45) is 2.44. The average molecular weight is 149 g/mol. The molecular formula is C8H20FN. The van der Waals surface area contributed by atoms with Crippen LogP contribution >= 0.6 is 0 Å². The van der Waals surface area contributed by atoms with Gasteiger partial charge in [-0.15, -0.1) is 0 Å². The van der Waals surface area contributed by atoms with Gasteiger partial charge in [0.1, 0.15) is 0 Å². The van der Waals surface area contributed by atoms with Crippen LogP contribution in [0.1, 0.15) is 20.3 Å². The summed E-state index contributed by atoms with van der Waals surface area (Å²) in [4.78, 5) is 0. The number of hydrogen-bond acceptors (Lipinski definition) is 0. The highest BCUT2D eigenvalue weighted by atomic mass is 19.1. The zero-order valence-corrected chi connectivity index (χ0v) is 6.52. The average Bonchev–Trinajstić information content (AvgIpc) is 2.44. The zero-order chi connectivity index (χ0) is 6.20. The van der Waals surface area contributed by atoms with E-state index in [1.807, 2.05) is 14.1 Å². The van der Waals surface area contributed by atoms with Crippen molar-refractivity contribution < 1.29 is 8.87 Å². The van der Waals surface area contributed by atoms with Gasteiger partial charge in [-0.05, 0) is 0 Å². The van der Waals surface area contributed by atoms with Crippen LogP contribution in [0.15, 0.2) is 0 Å². The number of hydrogen-bond donors (Lipinski definition) is 0. The molecule has 1 aliphatic carbocycles. The summed E-state index contributed by atoms with van der Waals surface area (Å²) >= 11 is 0. The number of alkyl halides is 1. The molecule has 1 nitrogen and oxygen atoms in total. The van der Waals surface area contributed by atoms with Crippen molar-refractivity contribution in [3.63, 3.8) is 0 Å². The number of rotatable bonds is 2. The van der Waals surface area contributed by atoms with E-state index in [0.29, 0.717) is 10.5 Å². The fraction of sp³-hybridized carbons (Fsp3) is 0.875. The summed E-state index contributed by atoms with van der Waals surface area (Å²) in [5.41, 5.74) is 0. The molecule has 1 aliphatic rings. The van der Waals surface area contributed by atoms with E-state index >= 15 is 0 Å². The molecule has 0 spiro atoms. The van der Waals surface area contributed by atoms with Crippen molar-refractivity contribution in [2.75, 3.05) is 20.9 Å². The lowest BCUT2D eigenvalue weighted by Crippen LogP contribution is -2.40. The van der Waals surface area contributed by atoms with Crippen molar-refractivity contribution in [3.8, 4) is 0 Å². The van der Waals surface area contributed by atoms with Crippen molar-refractivity contribution in [2.45, 2.75) is 26.3 Å². The summed E-state index contributed by atoms with van der Waals surface area (Å²) in [6, 6.07) is 0.625. The van der Waals surface area contributed by atoms with Crippen LogP contribution in [-0.2, 0) is 0 Å². The summed E-state index contributed by atoms with van der Waals surface area (Å²) < 4.78 is 12.6. The molecule has 0 atom stereocenters. The first-order valence-electron chi connectivity index (χ1n) is 3.05. The quantitative estimate of drug-likeness (QED) is 0.321. The second-order valence-electron chi connectivity index (χ2n) is 3.13. The lowest BCUT2D eigenvalue weighted by atomic mass is 10.5. The predicted molar refractivity (Wildman–Crippen MR) is 44.3 cm³/mol. The fourth-order valence-electron chi connectivity index (χ4n) is 0.871. The van der Waals surface area contributed by atoms with Crippen molar-refractivity contribution in [3.05, 3.63) is 7.43 Å². The van der Waals surface area contributed by atoms with E-state index in [2.05, 4.69) is 0 Å². The van der Waals surface area contributed by atoms with E-state index in [1.54, 1.807) is 0 Å². The minimum Gasteiger partial charge on any atom is -0.358 e. The van der Waals surface area contributed by atoms with Crippen LogP contribution in [-0.4, -0.2) is 31.4 Å². The standard InChI is InChI=1S/C6H13FN.CH4.CH3/c1-8(2,5-7)6-3-4-6;;/h6H,3-5H2,1-2H3;1H4;1H3/q+1;;-1. The van der Waals surface area contributed by atoms with Gasteiger partial charge in [0.05, 0.1) is 20.1 Å². The topological polar surface area (TPSA) is 0 Å². The van der Waals surface area contributed by atoms with E-state index in [9.17, 15) is 4.39 Å². The predicted octanol–water partition coefficient (Wildman–Crippen LogP) is 2.24. The Morgan fingerprint density at radius 1 is 1.40 bits per heavy atom. The minimum atomic E-state index is -0.218. The first-order chi connectivity index (χ1) is 3.67. The van der Waals surface area contributed by atoms with Gasteiger partial charge in [0, 0.05) is 12.8 Å². The molecule has 0 aromatic rings. The highest BCUT2D eigenvalue weighted by Crippen LogP contribution is 2.30. The van der Waals surface area contributed by atoms with Gasteiger partial charge in [0.2, 0.25) is 6.80 Å². The monoisotopic (exact) mass is 149 g/mol. The van der Waals surface area contributed by atoms with Crippen LogP contribution in [0, 0.1) is 7.43 Å². The molecule has 0 aromatic carbocycles. The minimum absolute atomic E-state index is 0. The molecule has 0 aliphatic heterocycles. The molecule has 10 heavy (non-hydrogen) atoms. The lowest BCUT2D eigenvalue weighted by Gasteiger charge is -2.25. The Hall–Kier alpha value is -0.110. The van der Waals surface area contributed by atoms with Crippen LogP contribution in [0.2, 0.25) is 0 Å². The van der Waals surface area contributed by atoms with Crippen molar-refractivity contribution >= 4 is 0 Å². The molecule has 1 fully saturated rings. The normalized spacial score (nSPS) is 17.1. The first-order valence-corrected chi connectivity index (χ1v) is 3.05. The fourth-order valence-corrected chi connectivity index (χ4v) is 0.871. The van der Waals surface area contributed by atoms with E-state index in [1.165, 1.54) is 12.8 Å². The lowest BCUT2D eigenvalue weighted by molar-refractivity contribution is -0.913. The van der Waals surface area contributed by atoms with Crippen LogP contribution < -0.4 is 0 Å². The molecule has 0 saturated heterocycles. The van der Waals surface area contributed by atoms with Gasteiger partial charge >= 0.3 is 0 Å². The number of halogens is 1. The van der Waals surface area contributed by atoms with Crippen molar-refractivity contribution in [2.24, 2.45) is 0 Å². The van der Waals surface area contributed by atoms with Gasteiger partial charge in [-0.2, -0.15) is 4.39 Å². The molecule has 0 heterocycles. The van der Waals surface area contributed by atoms with Crippen LogP contribution in [0.4, 0.5) is 4.39 Å². The molecule has 0 radical (unpaired) electrons. The van der Waals surface area contributed by atoms with Gasteiger partial charge in [-0.25, -0.2) is 0 Å². The molecule has 0 aromatic heterocycles. The molecular weight excluding hydrogens is 129 g/mol. The third-order valence-corrected chi connectivity index (χ3v) is 1.84. The highest BCUT2D eigenvalue weighted by Gasteiger charge is 2.37.